The van der Waals surface area contributed by atoms with Crippen LogP contribution in [0.2, 0.25) is 0 Å². The molecule has 3 rings (SSSR count). The van der Waals surface area contributed by atoms with E-state index in [1.165, 1.54) is 12.3 Å². The molecule has 1 aromatic heterocycles. The molecule has 0 amide bonds. The second-order valence-electron chi connectivity index (χ2n) is 9.12. The van der Waals surface area contributed by atoms with Crippen LogP contribution in [0.15, 0.2) is 30.3 Å². The molecule has 9 heteroatoms. The first-order valence-electron chi connectivity index (χ1n) is 11.5. The van der Waals surface area contributed by atoms with Gasteiger partial charge < -0.3 is 4.90 Å². The largest absolute Gasteiger partial charge is 0.433 e. The van der Waals surface area contributed by atoms with Crippen LogP contribution in [-0.2, 0) is 33.6 Å². The van der Waals surface area contributed by atoms with E-state index in [1.807, 2.05) is 36.9 Å². The van der Waals surface area contributed by atoms with Gasteiger partial charge >= 0.3 is 6.18 Å². The third-order valence-corrected chi connectivity index (χ3v) is 7.33. The maximum Gasteiger partial charge on any atom is 0.433 e. The van der Waals surface area contributed by atoms with Crippen LogP contribution >= 0.6 is 0 Å². The van der Waals surface area contributed by atoms with Crippen molar-refractivity contribution in [1.29, 1.82) is 0 Å². The number of hydrogen-bond donors (Lipinski definition) is 0. The zero-order valence-electron chi connectivity index (χ0n) is 19.8. The summed E-state index contributed by atoms with van der Waals surface area (Å²) >= 11 is 0. The lowest BCUT2D eigenvalue weighted by Gasteiger charge is -2.22. The van der Waals surface area contributed by atoms with E-state index in [0.717, 1.165) is 35.6 Å². The zero-order valence-corrected chi connectivity index (χ0v) is 20.6. The number of benzene rings is 1. The fraction of sp³-hybridized carbons (Fsp3) is 0.520. The van der Waals surface area contributed by atoms with Crippen molar-refractivity contribution in [3.05, 3.63) is 58.3 Å². The minimum absolute atomic E-state index is 0.00411. The molecule has 5 nitrogen and oxygen atoms in total. The summed E-state index contributed by atoms with van der Waals surface area (Å²) in [6.07, 6.45) is -0.538. The van der Waals surface area contributed by atoms with Crippen molar-refractivity contribution in [3.63, 3.8) is 0 Å². The number of carbonyl (C=O) groups is 1. The number of pyridine rings is 1. The van der Waals surface area contributed by atoms with Gasteiger partial charge in [-0.3, -0.25) is 4.79 Å². The summed E-state index contributed by atoms with van der Waals surface area (Å²) in [5.74, 6) is 0.0250. The summed E-state index contributed by atoms with van der Waals surface area (Å²) in [6.45, 7) is 5.04. The highest BCUT2D eigenvalue weighted by molar-refractivity contribution is 7.90. The van der Waals surface area contributed by atoms with Crippen molar-refractivity contribution in [2.45, 2.75) is 58.0 Å². The number of sulfone groups is 1. The average molecular weight is 497 g/mol. The highest BCUT2D eigenvalue weighted by Crippen LogP contribution is 2.32. The quantitative estimate of drug-likeness (QED) is 0.494. The number of Topliss-reactive ketones (excluding diaryl/α,β-unsaturated/α-hetero) is 1. The monoisotopic (exact) mass is 496 g/mol. The van der Waals surface area contributed by atoms with Crippen LogP contribution in [0.25, 0.3) is 0 Å². The van der Waals surface area contributed by atoms with E-state index < -0.39 is 21.7 Å². The second-order valence-corrected chi connectivity index (χ2v) is 11.4. The van der Waals surface area contributed by atoms with Crippen LogP contribution < -0.4 is 4.90 Å². The van der Waals surface area contributed by atoms with E-state index in [0.29, 0.717) is 37.3 Å². The Morgan fingerprint density at radius 1 is 1.09 bits per heavy atom. The first-order valence-corrected chi connectivity index (χ1v) is 13.5. The summed E-state index contributed by atoms with van der Waals surface area (Å²) < 4.78 is 62.5. The number of hydrogen-bond acceptors (Lipinski definition) is 5. The van der Waals surface area contributed by atoms with Crippen LogP contribution in [0.3, 0.4) is 0 Å². The molecule has 1 saturated heterocycles. The summed E-state index contributed by atoms with van der Waals surface area (Å²) in [6, 6.07) is 8.06. The third kappa shape index (κ3) is 6.81. The highest BCUT2D eigenvalue weighted by atomic mass is 32.2. The molecule has 0 aliphatic carbocycles. The highest BCUT2D eigenvalue weighted by Gasteiger charge is 2.34. The van der Waals surface area contributed by atoms with Gasteiger partial charge in [-0.1, -0.05) is 31.2 Å². The molecule has 0 saturated carbocycles. The predicted molar refractivity (Wildman–Crippen MR) is 127 cm³/mol. The van der Waals surface area contributed by atoms with E-state index in [-0.39, 0.29) is 23.9 Å². The number of halogens is 3. The Bertz CT molecular complexity index is 1140. The average Bonchev–Trinajstić information content (AvgIpc) is 3.29. The van der Waals surface area contributed by atoms with E-state index >= 15 is 0 Å². The normalized spacial score (nSPS) is 15.5. The van der Waals surface area contributed by atoms with Crippen LogP contribution in [0, 0.1) is 6.92 Å². The Kier molecular flexibility index (Phi) is 8.06. The lowest BCUT2D eigenvalue weighted by Crippen LogP contribution is -2.23. The van der Waals surface area contributed by atoms with E-state index in [1.54, 1.807) is 0 Å². The van der Waals surface area contributed by atoms with Crippen LogP contribution in [0.5, 0.6) is 0 Å². The fourth-order valence-corrected chi connectivity index (χ4v) is 4.85. The molecular formula is C25H31F3N2O3S. The molecule has 1 unspecified atom stereocenters. The number of anilines is 1. The SMILES string of the molecule is Cc1cc(C(C)C(=O)CCc2ccc(C(F)(F)F)nc2N2CCCC2)ccc1CCS(C)(=O)=O. The number of ketones is 1. The van der Waals surface area contributed by atoms with E-state index in [9.17, 15) is 26.4 Å². The molecule has 2 heterocycles. The Morgan fingerprint density at radius 3 is 2.32 bits per heavy atom. The van der Waals surface area contributed by atoms with Gasteiger partial charge in [-0.25, -0.2) is 13.4 Å². The Hall–Kier alpha value is -2.42. The van der Waals surface area contributed by atoms with Crippen molar-refractivity contribution >= 4 is 21.4 Å². The molecule has 0 spiro atoms. The summed E-state index contributed by atoms with van der Waals surface area (Å²) in [5, 5.41) is 0. The van der Waals surface area contributed by atoms with Gasteiger partial charge in [0.1, 0.15) is 27.1 Å². The molecule has 0 radical (unpaired) electrons. The number of aryl methyl sites for hydroxylation is 3. The van der Waals surface area contributed by atoms with Gasteiger partial charge in [-0.15, -0.1) is 0 Å². The van der Waals surface area contributed by atoms with Gasteiger partial charge in [0.2, 0.25) is 0 Å². The number of carbonyl (C=O) groups excluding carboxylic acids is 1. The summed E-state index contributed by atoms with van der Waals surface area (Å²) in [7, 11) is -3.06. The zero-order chi connectivity index (χ0) is 25.1. The van der Waals surface area contributed by atoms with Crippen molar-refractivity contribution in [1.82, 2.24) is 4.98 Å². The Morgan fingerprint density at radius 2 is 1.74 bits per heavy atom. The lowest BCUT2D eigenvalue weighted by molar-refractivity contribution is -0.141. The van der Waals surface area contributed by atoms with Crippen molar-refractivity contribution < 1.29 is 26.4 Å². The van der Waals surface area contributed by atoms with Crippen LogP contribution in [0.4, 0.5) is 19.0 Å². The molecular weight excluding hydrogens is 465 g/mol. The van der Waals surface area contributed by atoms with E-state index in [2.05, 4.69) is 4.98 Å². The molecule has 0 bridgehead atoms. The van der Waals surface area contributed by atoms with Crippen LogP contribution in [-0.4, -0.2) is 44.3 Å². The molecule has 1 atom stereocenters. The molecule has 1 fully saturated rings. The van der Waals surface area contributed by atoms with Gasteiger partial charge in [-0.05, 0) is 60.9 Å². The van der Waals surface area contributed by atoms with Gasteiger partial charge in [0.25, 0.3) is 0 Å². The van der Waals surface area contributed by atoms with Crippen molar-refractivity contribution in [2.75, 3.05) is 30.0 Å². The van der Waals surface area contributed by atoms with Gasteiger partial charge in [0.15, 0.2) is 0 Å². The van der Waals surface area contributed by atoms with Gasteiger partial charge in [0, 0.05) is 31.7 Å². The Labute approximate surface area is 199 Å². The minimum Gasteiger partial charge on any atom is -0.356 e. The minimum atomic E-state index is -4.51. The topological polar surface area (TPSA) is 67.3 Å². The Balaban J connectivity index is 1.71. The molecule has 1 aliphatic heterocycles. The molecule has 0 N–H and O–H groups in total. The van der Waals surface area contributed by atoms with Gasteiger partial charge in [0.05, 0.1) is 5.75 Å². The second kappa shape index (κ2) is 10.5. The number of nitrogens with zero attached hydrogens (tertiary/aromatic N) is 2. The summed E-state index contributed by atoms with van der Waals surface area (Å²) in [5.41, 5.74) is 2.45. The third-order valence-electron chi connectivity index (χ3n) is 6.38. The van der Waals surface area contributed by atoms with Crippen molar-refractivity contribution in [2.24, 2.45) is 0 Å². The standard InChI is InChI=1S/C25H31F3N2O3S/c1-17-16-21(7-6-19(17)12-15-34(3,32)33)18(2)22(31)10-8-20-9-11-23(25(26,27)28)29-24(20)30-13-4-5-14-30/h6-7,9,11,16,18H,4-5,8,10,12-15H2,1-3H3. The summed E-state index contributed by atoms with van der Waals surface area (Å²) in [4.78, 5) is 18.7. The fourth-order valence-electron chi connectivity index (χ4n) is 4.26. The number of aromatic nitrogens is 1. The maximum atomic E-state index is 13.2. The first-order chi connectivity index (χ1) is 15.8. The molecule has 1 aliphatic rings. The number of rotatable bonds is 9. The maximum absolute atomic E-state index is 13.2. The number of alkyl halides is 3. The van der Waals surface area contributed by atoms with Crippen molar-refractivity contribution in [3.8, 4) is 0 Å². The van der Waals surface area contributed by atoms with Gasteiger partial charge in [-0.2, -0.15) is 13.2 Å². The molecule has 34 heavy (non-hydrogen) atoms. The smallest absolute Gasteiger partial charge is 0.356 e. The molecule has 2 aromatic rings. The first kappa shape index (κ1) is 26.2. The van der Waals surface area contributed by atoms with Crippen LogP contribution in [0.1, 0.15) is 60.1 Å². The molecule has 186 valence electrons. The van der Waals surface area contributed by atoms with E-state index in [4.69, 9.17) is 0 Å². The lowest BCUT2D eigenvalue weighted by atomic mass is 9.90. The predicted octanol–water partition coefficient (Wildman–Crippen LogP) is 4.90. The molecule has 1 aromatic carbocycles.